The second kappa shape index (κ2) is 11.7. The second-order valence-corrected chi connectivity index (χ2v) is 9.75. The molecule has 12 heteroatoms. The van der Waals surface area contributed by atoms with E-state index in [1.54, 1.807) is 12.3 Å². The van der Waals surface area contributed by atoms with Gasteiger partial charge in [0, 0.05) is 38.9 Å². The summed E-state index contributed by atoms with van der Waals surface area (Å²) in [5.74, 6) is 0.147. The van der Waals surface area contributed by atoms with E-state index in [2.05, 4.69) is 37.6 Å². The highest BCUT2D eigenvalue weighted by atomic mass is 16.5. The Bertz CT molecular complexity index is 888. The average molecular weight is 489 g/mol. The molecule has 0 bridgehead atoms. The molecule has 35 heavy (non-hydrogen) atoms. The van der Waals surface area contributed by atoms with Crippen LogP contribution in [0.15, 0.2) is 12.3 Å². The van der Waals surface area contributed by atoms with Crippen molar-refractivity contribution in [1.29, 1.82) is 0 Å². The number of anilines is 2. The van der Waals surface area contributed by atoms with Crippen molar-refractivity contribution in [1.82, 2.24) is 30.4 Å². The molecule has 4 rings (SSSR count). The molecule has 2 aliphatic heterocycles. The summed E-state index contributed by atoms with van der Waals surface area (Å²) in [5.41, 5.74) is 3.03. The zero-order chi connectivity index (χ0) is 24.8. The molecule has 0 radical (unpaired) electrons. The number of piperazine rings is 1. The monoisotopic (exact) mass is 488 g/mol. The van der Waals surface area contributed by atoms with Gasteiger partial charge < -0.3 is 15.1 Å². The quantitative estimate of drug-likeness (QED) is 0.255. The first kappa shape index (κ1) is 25.3. The van der Waals surface area contributed by atoms with Crippen LogP contribution >= 0.6 is 0 Å². The third-order valence-corrected chi connectivity index (χ3v) is 7.20. The molecule has 1 saturated carbocycles. The summed E-state index contributed by atoms with van der Waals surface area (Å²) in [6.45, 7) is 3.85. The molecular formula is C23H36N8O4. The fraction of sp³-hybridized carbons (Fsp3) is 0.696. The lowest BCUT2D eigenvalue weighted by atomic mass is 9.92. The third kappa shape index (κ3) is 6.44. The number of nitrogens with one attached hydrogen (secondary N) is 2. The Morgan fingerprint density at radius 3 is 2.71 bits per heavy atom. The molecule has 1 aromatic heterocycles. The van der Waals surface area contributed by atoms with Crippen LogP contribution < -0.4 is 15.6 Å². The predicted molar refractivity (Wildman–Crippen MR) is 128 cm³/mol. The van der Waals surface area contributed by atoms with E-state index in [0.717, 1.165) is 51.9 Å². The lowest BCUT2D eigenvalue weighted by molar-refractivity contribution is -0.159. The van der Waals surface area contributed by atoms with Crippen molar-refractivity contribution in [2.45, 2.75) is 44.6 Å². The highest BCUT2D eigenvalue weighted by molar-refractivity contribution is 5.97. The number of hydrogen-bond donors (Lipinski definition) is 3. The van der Waals surface area contributed by atoms with E-state index in [0.29, 0.717) is 48.5 Å². The van der Waals surface area contributed by atoms with Gasteiger partial charge in [0.2, 0.25) is 24.2 Å². The molecular weight excluding hydrogens is 452 g/mol. The minimum Gasteiger partial charge on any atom is -0.338 e. The van der Waals surface area contributed by atoms with Crippen LogP contribution in [0.4, 0.5) is 11.8 Å². The highest BCUT2D eigenvalue weighted by Crippen LogP contribution is 2.31. The Kier molecular flexibility index (Phi) is 8.47. The van der Waals surface area contributed by atoms with Crippen molar-refractivity contribution in [2.24, 2.45) is 11.8 Å². The summed E-state index contributed by atoms with van der Waals surface area (Å²) in [7, 11) is 2.08. The normalized spacial score (nSPS) is 22.3. The molecule has 1 aromatic rings. The summed E-state index contributed by atoms with van der Waals surface area (Å²) in [5, 5.41) is 14.5. The summed E-state index contributed by atoms with van der Waals surface area (Å²) in [4.78, 5) is 50.8. The van der Waals surface area contributed by atoms with Gasteiger partial charge in [0.05, 0.1) is 12.5 Å². The Balaban J connectivity index is 1.41. The van der Waals surface area contributed by atoms with Crippen LogP contribution in [-0.2, 0) is 14.4 Å². The molecule has 3 heterocycles. The smallest absolute Gasteiger partial charge is 0.250 e. The topological polar surface area (TPSA) is 134 Å². The van der Waals surface area contributed by atoms with E-state index in [1.165, 1.54) is 5.01 Å². The van der Waals surface area contributed by atoms with E-state index >= 15 is 0 Å². The van der Waals surface area contributed by atoms with Gasteiger partial charge in [0.25, 0.3) is 0 Å². The van der Waals surface area contributed by atoms with E-state index in [9.17, 15) is 19.6 Å². The number of hydrazine groups is 1. The molecule has 3 fully saturated rings. The first-order valence-corrected chi connectivity index (χ1v) is 12.5. The van der Waals surface area contributed by atoms with Gasteiger partial charge in [-0.3, -0.25) is 24.6 Å². The number of rotatable bonds is 9. The number of hydrogen-bond acceptors (Lipinski definition) is 9. The van der Waals surface area contributed by atoms with Gasteiger partial charge in [-0.25, -0.2) is 15.5 Å². The zero-order valence-electron chi connectivity index (χ0n) is 20.3. The number of amides is 3. The molecule has 3 aliphatic rings. The summed E-state index contributed by atoms with van der Waals surface area (Å²) < 4.78 is 0. The minimum atomic E-state index is -0.709. The molecule has 2 atom stereocenters. The van der Waals surface area contributed by atoms with E-state index in [4.69, 9.17) is 0 Å². The van der Waals surface area contributed by atoms with Crippen LogP contribution in [0.25, 0.3) is 0 Å². The minimum absolute atomic E-state index is 0.0916. The molecule has 3 amide bonds. The highest BCUT2D eigenvalue weighted by Gasteiger charge is 2.39. The second-order valence-electron chi connectivity index (χ2n) is 9.75. The number of carbonyl (C=O) groups excluding carboxylic acids is 3. The van der Waals surface area contributed by atoms with Crippen LogP contribution in [0.1, 0.15) is 38.5 Å². The Morgan fingerprint density at radius 2 is 2.00 bits per heavy atom. The first-order chi connectivity index (χ1) is 16.9. The molecule has 3 N–H and O–H groups in total. The molecule has 0 unspecified atom stereocenters. The summed E-state index contributed by atoms with van der Waals surface area (Å²) in [6, 6.07) is 0.932. The Hall–Kier alpha value is -2.83. The lowest BCUT2D eigenvalue weighted by Gasteiger charge is -2.32. The predicted octanol–water partition coefficient (Wildman–Crippen LogP) is 0.317. The van der Waals surface area contributed by atoms with Crippen molar-refractivity contribution in [3.05, 3.63) is 12.3 Å². The molecule has 192 valence electrons. The third-order valence-electron chi connectivity index (χ3n) is 7.20. The first-order valence-electron chi connectivity index (χ1n) is 12.5. The Labute approximate surface area is 205 Å². The molecule has 1 aliphatic carbocycles. The number of likely N-dealkylation sites (N-methyl/N-ethyl adjacent to an activating group) is 1. The van der Waals surface area contributed by atoms with Crippen LogP contribution in [0.5, 0.6) is 0 Å². The maximum atomic E-state index is 13.4. The zero-order valence-corrected chi connectivity index (χ0v) is 20.3. The molecule has 2 saturated heterocycles. The van der Waals surface area contributed by atoms with E-state index < -0.39 is 12.0 Å². The average Bonchev–Trinajstić information content (AvgIpc) is 3.56. The van der Waals surface area contributed by atoms with Crippen molar-refractivity contribution in [3.8, 4) is 0 Å². The standard InChI is InChI=1S/C23H36N8O4/c1-28-10-12-29(13-11-28)23-24-8-7-20(27-23)26-21(33)19-6-9-25-31(19)22(34)18(15-30(35)16-32)14-17-4-2-3-5-17/h7-8,16-19,25,35H,2-6,9-15H2,1H3,(H,24,26,27,33)/t18-,19+/m1/s1. The van der Waals surface area contributed by atoms with E-state index in [1.807, 2.05) is 0 Å². The van der Waals surface area contributed by atoms with Gasteiger partial charge in [-0.05, 0) is 31.9 Å². The Morgan fingerprint density at radius 1 is 1.26 bits per heavy atom. The van der Waals surface area contributed by atoms with Crippen LogP contribution in [0, 0.1) is 11.8 Å². The maximum Gasteiger partial charge on any atom is 0.250 e. The molecule has 0 spiro atoms. The summed E-state index contributed by atoms with van der Waals surface area (Å²) in [6.07, 6.45) is 7.31. The summed E-state index contributed by atoms with van der Waals surface area (Å²) >= 11 is 0. The van der Waals surface area contributed by atoms with Crippen LogP contribution in [0.2, 0.25) is 0 Å². The van der Waals surface area contributed by atoms with Gasteiger partial charge >= 0.3 is 0 Å². The fourth-order valence-corrected chi connectivity index (χ4v) is 5.19. The van der Waals surface area contributed by atoms with Crippen molar-refractivity contribution < 1.29 is 19.6 Å². The van der Waals surface area contributed by atoms with Crippen LogP contribution in [0.3, 0.4) is 0 Å². The SMILES string of the molecule is CN1CCN(c2nccc(NC(=O)[C@@H]3CCNN3C(=O)[C@H](CC3CCCC3)CN(O)C=O)n2)CC1. The van der Waals surface area contributed by atoms with Gasteiger partial charge in [-0.15, -0.1) is 0 Å². The molecule has 12 nitrogen and oxygen atoms in total. The lowest BCUT2D eigenvalue weighted by Crippen LogP contribution is -2.51. The van der Waals surface area contributed by atoms with Gasteiger partial charge in [-0.1, -0.05) is 25.7 Å². The number of carbonyl (C=O) groups is 3. The number of hydroxylamine groups is 2. The van der Waals surface area contributed by atoms with Gasteiger partial charge in [0.15, 0.2) is 0 Å². The number of nitrogens with zero attached hydrogens (tertiary/aromatic N) is 6. The molecule has 0 aromatic carbocycles. The van der Waals surface area contributed by atoms with Crippen molar-refractivity contribution >= 4 is 30.0 Å². The maximum absolute atomic E-state index is 13.4. The fourth-order valence-electron chi connectivity index (χ4n) is 5.19. The van der Waals surface area contributed by atoms with Crippen molar-refractivity contribution in [3.63, 3.8) is 0 Å². The largest absolute Gasteiger partial charge is 0.338 e. The van der Waals surface area contributed by atoms with E-state index in [-0.39, 0.29) is 18.4 Å². The van der Waals surface area contributed by atoms with Gasteiger partial charge in [-0.2, -0.15) is 4.98 Å². The van der Waals surface area contributed by atoms with Crippen LogP contribution in [-0.4, -0.2) is 101 Å². The number of aromatic nitrogens is 2. The van der Waals surface area contributed by atoms with Crippen molar-refractivity contribution in [2.75, 3.05) is 56.5 Å². The van der Waals surface area contributed by atoms with Gasteiger partial charge in [0.1, 0.15) is 11.9 Å².